The highest BCUT2D eigenvalue weighted by atomic mass is 32.2. The van der Waals surface area contributed by atoms with E-state index in [0.717, 1.165) is 55.8 Å². The molecule has 0 spiro atoms. The number of nitrogens with one attached hydrogen (secondary N) is 1. The number of thioether (sulfide) groups is 1. The van der Waals surface area contributed by atoms with Crippen LogP contribution in [-0.4, -0.2) is 58.6 Å². The van der Waals surface area contributed by atoms with E-state index in [0.29, 0.717) is 12.0 Å². The molecule has 1 atom stereocenters. The molecule has 1 aromatic carbocycles. The van der Waals surface area contributed by atoms with Gasteiger partial charge in [0.15, 0.2) is 11.1 Å². The van der Waals surface area contributed by atoms with Crippen LogP contribution in [0, 0.1) is 5.92 Å². The standard InChI is InChI=1S/C24H36N6S/c1-25-23(29-16-14-20(18-29)17-19-9-4-3-5-10-19)26-15-8-13-22-27-28-24(31-2)30(22)21-11-6-7-12-21/h3-5,9-10,20-21H,6-8,11-18H2,1-2H3,(H,25,26). The smallest absolute Gasteiger partial charge is 0.193 e. The normalized spacial score (nSPS) is 20.0. The lowest BCUT2D eigenvalue weighted by Crippen LogP contribution is -2.40. The molecule has 0 amide bonds. The highest BCUT2D eigenvalue weighted by molar-refractivity contribution is 7.98. The summed E-state index contributed by atoms with van der Waals surface area (Å²) in [5.74, 6) is 2.89. The Morgan fingerprint density at radius 2 is 1.97 bits per heavy atom. The molecule has 1 saturated heterocycles. The number of nitrogens with zero attached hydrogens (tertiary/aromatic N) is 5. The zero-order valence-corrected chi connectivity index (χ0v) is 19.8. The predicted octanol–water partition coefficient (Wildman–Crippen LogP) is 4.19. The monoisotopic (exact) mass is 440 g/mol. The van der Waals surface area contributed by atoms with Crippen molar-refractivity contribution in [2.24, 2.45) is 10.9 Å². The minimum absolute atomic E-state index is 0.597. The molecule has 1 unspecified atom stereocenters. The summed E-state index contributed by atoms with van der Waals surface area (Å²) in [6.07, 6.45) is 11.7. The van der Waals surface area contributed by atoms with Gasteiger partial charge in [0, 0.05) is 39.1 Å². The Morgan fingerprint density at radius 1 is 1.16 bits per heavy atom. The summed E-state index contributed by atoms with van der Waals surface area (Å²) in [6, 6.07) is 11.4. The van der Waals surface area contributed by atoms with Gasteiger partial charge in [-0.05, 0) is 49.8 Å². The third-order valence-electron chi connectivity index (χ3n) is 6.63. The summed E-state index contributed by atoms with van der Waals surface area (Å²) in [6.45, 7) is 3.09. The fourth-order valence-corrected chi connectivity index (χ4v) is 5.64. The molecule has 2 aliphatic rings. The van der Waals surface area contributed by atoms with E-state index in [1.807, 2.05) is 7.05 Å². The van der Waals surface area contributed by atoms with E-state index in [9.17, 15) is 0 Å². The van der Waals surface area contributed by atoms with E-state index in [1.54, 1.807) is 11.8 Å². The van der Waals surface area contributed by atoms with Gasteiger partial charge in [-0.25, -0.2) is 0 Å². The van der Waals surface area contributed by atoms with Gasteiger partial charge >= 0.3 is 0 Å². The molecule has 1 aliphatic carbocycles. The van der Waals surface area contributed by atoms with Crippen LogP contribution in [-0.2, 0) is 12.8 Å². The molecule has 0 radical (unpaired) electrons. The molecule has 6 nitrogen and oxygen atoms in total. The topological polar surface area (TPSA) is 58.3 Å². The maximum Gasteiger partial charge on any atom is 0.193 e. The molecule has 2 fully saturated rings. The number of aliphatic imine (C=N–C) groups is 1. The fraction of sp³-hybridized carbons (Fsp3) is 0.625. The number of aryl methyl sites for hydroxylation is 1. The Hall–Kier alpha value is -2.02. The lowest BCUT2D eigenvalue weighted by molar-refractivity contribution is 0.453. The zero-order chi connectivity index (χ0) is 21.5. The largest absolute Gasteiger partial charge is 0.356 e. The van der Waals surface area contributed by atoms with Crippen LogP contribution in [0.3, 0.4) is 0 Å². The average Bonchev–Trinajstić information content (AvgIpc) is 3.55. The average molecular weight is 441 g/mol. The highest BCUT2D eigenvalue weighted by Crippen LogP contribution is 2.33. The molecule has 2 heterocycles. The summed E-state index contributed by atoms with van der Waals surface area (Å²) < 4.78 is 2.42. The Morgan fingerprint density at radius 3 is 2.71 bits per heavy atom. The molecule has 7 heteroatoms. The van der Waals surface area contributed by atoms with E-state index >= 15 is 0 Å². The Balaban J connectivity index is 1.24. The van der Waals surface area contributed by atoms with Gasteiger partial charge in [0.05, 0.1) is 0 Å². The number of rotatable bonds is 8. The summed E-state index contributed by atoms with van der Waals surface area (Å²) in [4.78, 5) is 6.97. The van der Waals surface area contributed by atoms with Gasteiger partial charge < -0.3 is 14.8 Å². The maximum atomic E-state index is 4.55. The first-order valence-corrected chi connectivity index (χ1v) is 13.0. The van der Waals surface area contributed by atoms with Crippen molar-refractivity contribution in [3.05, 3.63) is 41.7 Å². The highest BCUT2D eigenvalue weighted by Gasteiger charge is 2.25. The molecule has 1 aromatic heterocycles. The number of hydrogen-bond donors (Lipinski definition) is 1. The van der Waals surface area contributed by atoms with E-state index in [4.69, 9.17) is 0 Å². The fourth-order valence-electron chi connectivity index (χ4n) is 5.06. The molecule has 4 rings (SSSR count). The minimum atomic E-state index is 0.597. The van der Waals surface area contributed by atoms with E-state index in [2.05, 4.69) is 66.6 Å². The second-order valence-corrected chi connectivity index (χ2v) is 9.55. The van der Waals surface area contributed by atoms with Gasteiger partial charge in [0.25, 0.3) is 0 Å². The van der Waals surface area contributed by atoms with Crippen molar-refractivity contribution in [2.45, 2.75) is 62.6 Å². The van der Waals surface area contributed by atoms with E-state index in [1.165, 1.54) is 37.7 Å². The summed E-state index contributed by atoms with van der Waals surface area (Å²) >= 11 is 1.72. The van der Waals surface area contributed by atoms with Crippen LogP contribution in [0.4, 0.5) is 0 Å². The van der Waals surface area contributed by atoms with Crippen molar-refractivity contribution >= 4 is 17.7 Å². The number of likely N-dealkylation sites (tertiary alicyclic amines) is 1. The van der Waals surface area contributed by atoms with Crippen LogP contribution in [0.2, 0.25) is 0 Å². The first kappa shape index (κ1) is 22.2. The van der Waals surface area contributed by atoms with Crippen molar-refractivity contribution < 1.29 is 0 Å². The van der Waals surface area contributed by atoms with Gasteiger partial charge in [-0.2, -0.15) is 0 Å². The van der Waals surface area contributed by atoms with Gasteiger partial charge in [-0.15, -0.1) is 10.2 Å². The van der Waals surface area contributed by atoms with E-state index < -0.39 is 0 Å². The summed E-state index contributed by atoms with van der Waals surface area (Å²) in [5, 5.41) is 13.6. The van der Waals surface area contributed by atoms with Gasteiger partial charge in [-0.3, -0.25) is 4.99 Å². The number of benzene rings is 1. The van der Waals surface area contributed by atoms with Crippen molar-refractivity contribution in [1.29, 1.82) is 0 Å². The van der Waals surface area contributed by atoms with Crippen LogP contribution >= 0.6 is 11.8 Å². The van der Waals surface area contributed by atoms with Crippen LogP contribution < -0.4 is 5.32 Å². The second kappa shape index (κ2) is 11.0. The van der Waals surface area contributed by atoms with Crippen molar-refractivity contribution in [1.82, 2.24) is 25.0 Å². The molecule has 1 aliphatic heterocycles. The molecule has 31 heavy (non-hydrogen) atoms. The molecular formula is C24H36N6S. The van der Waals surface area contributed by atoms with Crippen molar-refractivity contribution in [3.63, 3.8) is 0 Å². The lowest BCUT2D eigenvalue weighted by atomic mass is 9.99. The predicted molar refractivity (Wildman–Crippen MR) is 129 cm³/mol. The van der Waals surface area contributed by atoms with Gasteiger partial charge in [0.1, 0.15) is 5.82 Å². The molecule has 1 N–H and O–H groups in total. The summed E-state index contributed by atoms with van der Waals surface area (Å²) in [5.41, 5.74) is 1.44. The van der Waals surface area contributed by atoms with Gasteiger partial charge in [-0.1, -0.05) is 54.9 Å². The minimum Gasteiger partial charge on any atom is -0.356 e. The maximum absolute atomic E-state index is 4.55. The Kier molecular flexibility index (Phi) is 7.89. The molecule has 1 saturated carbocycles. The SMILES string of the molecule is CN=C(NCCCc1nnc(SC)n1C1CCCC1)N1CCC(Cc2ccccc2)C1. The van der Waals surface area contributed by atoms with Crippen LogP contribution in [0.1, 0.15) is 56.0 Å². The molecule has 0 bridgehead atoms. The van der Waals surface area contributed by atoms with E-state index in [-0.39, 0.29) is 0 Å². The molecular weight excluding hydrogens is 404 g/mol. The van der Waals surface area contributed by atoms with Crippen molar-refractivity contribution in [2.75, 3.05) is 32.9 Å². The third-order valence-corrected chi connectivity index (χ3v) is 7.28. The second-order valence-electron chi connectivity index (χ2n) is 8.78. The third kappa shape index (κ3) is 5.62. The summed E-state index contributed by atoms with van der Waals surface area (Å²) in [7, 11) is 1.90. The van der Waals surface area contributed by atoms with Crippen LogP contribution in [0.15, 0.2) is 40.5 Å². The van der Waals surface area contributed by atoms with Gasteiger partial charge in [0.2, 0.25) is 0 Å². The number of aromatic nitrogens is 3. The lowest BCUT2D eigenvalue weighted by Gasteiger charge is -2.22. The first-order valence-electron chi connectivity index (χ1n) is 11.8. The molecule has 168 valence electrons. The quantitative estimate of drug-likeness (QED) is 0.289. The molecule has 2 aromatic rings. The Labute approximate surface area is 190 Å². The zero-order valence-electron chi connectivity index (χ0n) is 19.0. The van der Waals surface area contributed by atoms with Crippen molar-refractivity contribution in [3.8, 4) is 0 Å². The number of hydrogen-bond acceptors (Lipinski definition) is 4. The number of guanidine groups is 1. The first-order chi connectivity index (χ1) is 15.3. The Bertz CT molecular complexity index is 843. The van der Waals surface area contributed by atoms with Crippen LogP contribution in [0.5, 0.6) is 0 Å². The van der Waals surface area contributed by atoms with Crippen LogP contribution in [0.25, 0.3) is 0 Å².